The standard InChI is InChI=1S/C15H25BrN2O3/c1-3-21-15-9-12(13(16)10-14(15)20-2)11-18-6-4-5-17-7-8-19/h9-10,17-19H,3-8,11H2,1-2H3. The van der Waals surface area contributed by atoms with Crippen LogP contribution in [0.5, 0.6) is 11.5 Å². The Morgan fingerprint density at radius 2 is 1.90 bits per heavy atom. The summed E-state index contributed by atoms with van der Waals surface area (Å²) in [5, 5.41) is 15.2. The lowest BCUT2D eigenvalue weighted by atomic mass is 10.2. The summed E-state index contributed by atoms with van der Waals surface area (Å²) in [5.41, 5.74) is 1.14. The van der Waals surface area contributed by atoms with Gasteiger partial charge >= 0.3 is 0 Å². The Balaban J connectivity index is 2.45. The second kappa shape index (κ2) is 10.8. The van der Waals surface area contributed by atoms with Gasteiger partial charge in [0.1, 0.15) is 0 Å². The molecule has 1 aromatic rings. The predicted molar refractivity (Wildman–Crippen MR) is 88.1 cm³/mol. The van der Waals surface area contributed by atoms with Crippen LogP contribution in [-0.4, -0.2) is 45.1 Å². The molecule has 0 aliphatic carbocycles. The van der Waals surface area contributed by atoms with Gasteiger partial charge in [0.25, 0.3) is 0 Å². The Morgan fingerprint density at radius 3 is 2.57 bits per heavy atom. The third-order valence-electron chi connectivity index (χ3n) is 2.94. The van der Waals surface area contributed by atoms with Crippen molar-refractivity contribution in [1.29, 1.82) is 0 Å². The smallest absolute Gasteiger partial charge is 0.161 e. The molecule has 5 nitrogen and oxygen atoms in total. The highest BCUT2D eigenvalue weighted by Crippen LogP contribution is 2.33. The zero-order valence-corrected chi connectivity index (χ0v) is 14.3. The van der Waals surface area contributed by atoms with Gasteiger partial charge in [-0.25, -0.2) is 0 Å². The fraction of sp³-hybridized carbons (Fsp3) is 0.600. The SMILES string of the molecule is CCOc1cc(CNCCCNCCO)c(Br)cc1OC. The van der Waals surface area contributed by atoms with Crippen molar-refractivity contribution in [2.24, 2.45) is 0 Å². The quantitative estimate of drug-likeness (QED) is 0.526. The minimum atomic E-state index is 0.187. The lowest BCUT2D eigenvalue weighted by Crippen LogP contribution is -2.24. The van der Waals surface area contributed by atoms with Gasteiger partial charge in [0.05, 0.1) is 20.3 Å². The van der Waals surface area contributed by atoms with Crippen LogP contribution >= 0.6 is 15.9 Å². The van der Waals surface area contributed by atoms with Crippen LogP contribution in [0.15, 0.2) is 16.6 Å². The summed E-state index contributed by atoms with van der Waals surface area (Å²) in [6.07, 6.45) is 1.02. The van der Waals surface area contributed by atoms with Crippen molar-refractivity contribution in [2.45, 2.75) is 19.9 Å². The van der Waals surface area contributed by atoms with E-state index in [0.717, 1.165) is 47.6 Å². The van der Waals surface area contributed by atoms with E-state index < -0.39 is 0 Å². The fourth-order valence-corrected chi connectivity index (χ4v) is 2.37. The number of hydrogen-bond donors (Lipinski definition) is 3. The number of hydrogen-bond acceptors (Lipinski definition) is 5. The lowest BCUT2D eigenvalue weighted by molar-refractivity contribution is 0.292. The van der Waals surface area contributed by atoms with E-state index >= 15 is 0 Å². The maximum atomic E-state index is 8.66. The van der Waals surface area contributed by atoms with Gasteiger partial charge in [-0.1, -0.05) is 15.9 Å². The Bertz CT molecular complexity index is 416. The molecule has 0 spiro atoms. The molecule has 0 aliphatic rings. The number of aliphatic hydroxyl groups excluding tert-OH is 1. The zero-order valence-electron chi connectivity index (χ0n) is 12.7. The van der Waals surface area contributed by atoms with E-state index in [9.17, 15) is 0 Å². The molecule has 6 heteroatoms. The molecule has 0 aliphatic heterocycles. The maximum Gasteiger partial charge on any atom is 0.161 e. The lowest BCUT2D eigenvalue weighted by Gasteiger charge is -2.13. The summed E-state index contributed by atoms with van der Waals surface area (Å²) >= 11 is 3.56. The van der Waals surface area contributed by atoms with Gasteiger partial charge in [0.2, 0.25) is 0 Å². The molecule has 0 atom stereocenters. The molecule has 0 radical (unpaired) electrons. The third-order valence-corrected chi connectivity index (χ3v) is 3.68. The molecule has 21 heavy (non-hydrogen) atoms. The number of methoxy groups -OCH3 is 1. The number of nitrogens with one attached hydrogen (secondary N) is 2. The Kier molecular flexibility index (Phi) is 9.41. The van der Waals surface area contributed by atoms with Crippen molar-refractivity contribution >= 4 is 15.9 Å². The first kappa shape index (κ1) is 18.2. The third kappa shape index (κ3) is 6.65. The number of benzene rings is 1. The fourth-order valence-electron chi connectivity index (χ4n) is 1.91. The van der Waals surface area contributed by atoms with E-state index in [1.165, 1.54) is 0 Å². The van der Waals surface area contributed by atoms with Crippen molar-refractivity contribution in [3.05, 3.63) is 22.2 Å². The topological polar surface area (TPSA) is 62.8 Å². The van der Waals surface area contributed by atoms with E-state index in [4.69, 9.17) is 14.6 Å². The highest BCUT2D eigenvalue weighted by Gasteiger charge is 2.09. The maximum absolute atomic E-state index is 8.66. The van der Waals surface area contributed by atoms with E-state index in [1.807, 2.05) is 19.1 Å². The predicted octanol–water partition coefficient (Wildman–Crippen LogP) is 1.92. The Morgan fingerprint density at radius 1 is 1.14 bits per heavy atom. The molecule has 0 saturated carbocycles. The van der Waals surface area contributed by atoms with Crippen LogP contribution in [0.2, 0.25) is 0 Å². The summed E-state index contributed by atoms with van der Waals surface area (Å²) in [4.78, 5) is 0. The van der Waals surface area contributed by atoms with Gasteiger partial charge in [0.15, 0.2) is 11.5 Å². The first-order valence-electron chi connectivity index (χ1n) is 7.24. The summed E-state index contributed by atoms with van der Waals surface area (Å²) in [5.74, 6) is 1.50. The molecule has 0 fully saturated rings. The van der Waals surface area contributed by atoms with Gasteiger partial charge < -0.3 is 25.2 Å². The van der Waals surface area contributed by atoms with E-state index in [0.29, 0.717) is 13.2 Å². The van der Waals surface area contributed by atoms with Crippen molar-refractivity contribution in [3.63, 3.8) is 0 Å². The number of rotatable bonds is 11. The molecule has 0 aromatic heterocycles. The van der Waals surface area contributed by atoms with Crippen LogP contribution in [0.3, 0.4) is 0 Å². The Hall–Kier alpha value is -0.820. The van der Waals surface area contributed by atoms with Crippen molar-refractivity contribution in [2.75, 3.05) is 40.0 Å². The van der Waals surface area contributed by atoms with Crippen molar-refractivity contribution < 1.29 is 14.6 Å². The molecule has 120 valence electrons. The highest BCUT2D eigenvalue weighted by molar-refractivity contribution is 9.10. The van der Waals surface area contributed by atoms with Crippen LogP contribution in [0.25, 0.3) is 0 Å². The molecule has 1 rings (SSSR count). The van der Waals surface area contributed by atoms with Crippen LogP contribution in [-0.2, 0) is 6.54 Å². The number of ether oxygens (including phenoxy) is 2. The van der Waals surface area contributed by atoms with Crippen LogP contribution in [0.4, 0.5) is 0 Å². The minimum absolute atomic E-state index is 0.187. The van der Waals surface area contributed by atoms with Gasteiger partial charge in [-0.05, 0) is 44.1 Å². The van der Waals surface area contributed by atoms with Crippen LogP contribution < -0.4 is 20.1 Å². The monoisotopic (exact) mass is 360 g/mol. The second-order valence-electron chi connectivity index (χ2n) is 4.53. The molecule has 0 amide bonds. The van der Waals surface area contributed by atoms with E-state index in [1.54, 1.807) is 7.11 Å². The van der Waals surface area contributed by atoms with Crippen LogP contribution in [0, 0.1) is 0 Å². The molecule has 3 N–H and O–H groups in total. The molecule has 0 bridgehead atoms. The van der Waals surface area contributed by atoms with Crippen LogP contribution in [0.1, 0.15) is 18.9 Å². The average Bonchev–Trinajstić information content (AvgIpc) is 2.49. The van der Waals surface area contributed by atoms with E-state index in [2.05, 4.69) is 26.6 Å². The molecule has 1 aromatic carbocycles. The summed E-state index contributed by atoms with van der Waals surface area (Å²) in [6.45, 7) is 6.00. The molecule has 0 saturated heterocycles. The molecule has 0 heterocycles. The first-order chi connectivity index (χ1) is 10.2. The number of halogens is 1. The molecular weight excluding hydrogens is 336 g/mol. The summed E-state index contributed by atoms with van der Waals surface area (Å²) < 4.78 is 11.9. The molecule has 0 unspecified atom stereocenters. The molecular formula is C15H25BrN2O3. The minimum Gasteiger partial charge on any atom is -0.493 e. The second-order valence-corrected chi connectivity index (χ2v) is 5.39. The average molecular weight is 361 g/mol. The Labute approximate surface area is 135 Å². The van der Waals surface area contributed by atoms with E-state index in [-0.39, 0.29) is 6.61 Å². The first-order valence-corrected chi connectivity index (χ1v) is 8.03. The summed E-state index contributed by atoms with van der Waals surface area (Å²) in [7, 11) is 1.64. The number of aliphatic hydroxyl groups is 1. The van der Waals surface area contributed by atoms with Crippen molar-refractivity contribution in [1.82, 2.24) is 10.6 Å². The summed E-state index contributed by atoms with van der Waals surface area (Å²) in [6, 6.07) is 3.94. The zero-order chi connectivity index (χ0) is 15.5. The van der Waals surface area contributed by atoms with Gasteiger partial charge in [0, 0.05) is 17.6 Å². The highest BCUT2D eigenvalue weighted by atomic mass is 79.9. The van der Waals surface area contributed by atoms with Gasteiger partial charge in [-0.15, -0.1) is 0 Å². The van der Waals surface area contributed by atoms with Gasteiger partial charge in [-0.2, -0.15) is 0 Å². The van der Waals surface area contributed by atoms with Crippen molar-refractivity contribution in [3.8, 4) is 11.5 Å². The van der Waals surface area contributed by atoms with Gasteiger partial charge in [-0.3, -0.25) is 0 Å². The normalized spacial score (nSPS) is 10.7. The largest absolute Gasteiger partial charge is 0.493 e.